The number of para-hydroxylation sites is 1. The van der Waals surface area contributed by atoms with Crippen LogP contribution in [0.1, 0.15) is 45.6 Å². The van der Waals surface area contributed by atoms with Gasteiger partial charge < -0.3 is 9.64 Å². The number of benzene rings is 3. The topological polar surface area (TPSA) is 62.7 Å². The monoisotopic (exact) mass is 533 g/mol. The number of pyridine rings is 1. The minimum absolute atomic E-state index is 0.121. The number of ether oxygens (including phenoxy) is 1. The van der Waals surface area contributed by atoms with Crippen molar-refractivity contribution in [3.8, 4) is 0 Å². The molecule has 0 bridgehead atoms. The van der Waals surface area contributed by atoms with Gasteiger partial charge in [0.05, 0.1) is 11.1 Å². The first kappa shape index (κ1) is 26.2. The Labute approximate surface area is 235 Å². The highest BCUT2D eigenvalue weighted by molar-refractivity contribution is 6.05. The lowest BCUT2D eigenvalue weighted by atomic mass is 9.90. The van der Waals surface area contributed by atoms with Gasteiger partial charge in [0.15, 0.2) is 6.61 Å². The maximum Gasteiger partial charge on any atom is 0.339 e. The molecule has 0 radical (unpaired) electrons. The average molecular weight is 534 g/mol. The van der Waals surface area contributed by atoms with Crippen LogP contribution in [0, 0.1) is 5.92 Å². The summed E-state index contributed by atoms with van der Waals surface area (Å²) in [6.07, 6.45) is 3.74. The van der Waals surface area contributed by atoms with Crippen molar-refractivity contribution >= 4 is 22.8 Å². The fourth-order valence-electron chi connectivity index (χ4n) is 6.08. The van der Waals surface area contributed by atoms with Gasteiger partial charge in [0.25, 0.3) is 5.91 Å². The van der Waals surface area contributed by atoms with Gasteiger partial charge in [0, 0.05) is 55.8 Å². The molecule has 40 heavy (non-hydrogen) atoms. The third kappa shape index (κ3) is 5.92. The minimum Gasteiger partial charge on any atom is -0.452 e. The lowest BCUT2D eigenvalue weighted by molar-refractivity contribution is -0.135. The largest absolute Gasteiger partial charge is 0.452 e. The van der Waals surface area contributed by atoms with E-state index in [-0.39, 0.29) is 12.5 Å². The van der Waals surface area contributed by atoms with Crippen LogP contribution >= 0.6 is 0 Å². The summed E-state index contributed by atoms with van der Waals surface area (Å²) in [5, 5.41) is 0.780. The zero-order valence-corrected chi connectivity index (χ0v) is 22.8. The number of piperidine rings is 1. The molecule has 0 unspecified atom stereocenters. The van der Waals surface area contributed by atoms with Gasteiger partial charge in [-0.25, -0.2) is 4.79 Å². The number of hydrogen-bond donors (Lipinski definition) is 0. The van der Waals surface area contributed by atoms with Crippen LogP contribution in [-0.4, -0.2) is 52.9 Å². The van der Waals surface area contributed by atoms with Gasteiger partial charge in [-0.15, -0.1) is 0 Å². The molecule has 0 N–H and O–H groups in total. The third-order valence-electron chi connectivity index (χ3n) is 8.24. The number of rotatable bonds is 7. The van der Waals surface area contributed by atoms with E-state index in [9.17, 15) is 9.59 Å². The molecule has 3 aromatic carbocycles. The SMILES string of the molecule is O=C(OCC(=O)N1CCC(Cc2ccccc2)CC1)c1c2c(nc3ccccc13)CCN(Cc1ccccc1)C2. The molecular formula is C34H35N3O3. The Hall–Kier alpha value is -4.03. The quantitative estimate of drug-likeness (QED) is 0.297. The molecule has 4 aromatic rings. The second-order valence-corrected chi connectivity index (χ2v) is 11.0. The molecule has 6 rings (SSSR count). The molecule has 0 saturated carbocycles. The molecule has 1 aromatic heterocycles. The molecule has 3 heterocycles. The molecule has 1 fully saturated rings. The highest BCUT2D eigenvalue weighted by atomic mass is 16.5. The van der Waals surface area contributed by atoms with Crippen LogP contribution in [0.4, 0.5) is 0 Å². The molecule has 0 spiro atoms. The summed E-state index contributed by atoms with van der Waals surface area (Å²) in [6.45, 7) is 3.48. The third-order valence-corrected chi connectivity index (χ3v) is 8.24. The molecule has 2 aliphatic rings. The van der Waals surface area contributed by atoms with Gasteiger partial charge in [0.1, 0.15) is 0 Å². The van der Waals surface area contributed by atoms with E-state index in [1.54, 1.807) is 0 Å². The van der Waals surface area contributed by atoms with Gasteiger partial charge in [0.2, 0.25) is 0 Å². The average Bonchev–Trinajstić information content (AvgIpc) is 3.00. The number of amides is 1. The van der Waals surface area contributed by atoms with Crippen LogP contribution in [0.5, 0.6) is 0 Å². The van der Waals surface area contributed by atoms with Crippen LogP contribution in [0.15, 0.2) is 84.9 Å². The molecule has 1 saturated heterocycles. The van der Waals surface area contributed by atoms with Gasteiger partial charge in [-0.3, -0.25) is 14.7 Å². The van der Waals surface area contributed by atoms with E-state index in [0.29, 0.717) is 31.1 Å². The van der Waals surface area contributed by atoms with E-state index < -0.39 is 5.97 Å². The van der Waals surface area contributed by atoms with E-state index in [2.05, 4.69) is 41.3 Å². The first-order valence-corrected chi connectivity index (χ1v) is 14.3. The lowest BCUT2D eigenvalue weighted by Gasteiger charge is -2.32. The van der Waals surface area contributed by atoms with Crippen molar-refractivity contribution in [2.45, 2.75) is 38.8 Å². The van der Waals surface area contributed by atoms with Gasteiger partial charge in [-0.2, -0.15) is 0 Å². The van der Waals surface area contributed by atoms with Crippen LogP contribution in [0.3, 0.4) is 0 Å². The summed E-state index contributed by atoms with van der Waals surface area (Å²) in [6, 6.07) is 28.6. The Morgan fingerprint density at radius 1 is 0.825 bits per heavy atom. The number of hydrogen-bond acceptors (Lipinski definition) is 5. The number of likely N-dealkylation sites (tertiary alicyclic amines) is 1. The Morgan fingerprint density at radius 2 is 1.50 bits per heavy atom. The zero-order chi connectivity index (χ0) is 27.3. The summed E-state index contributed by atoms with van der Waals surface area (Å²) < 4.78 is 5.72. The van der Waals surface area contributed by atoms with E-state index in [0.717, 1.165) is 60.9 Å². The highest BCUT2D eigenvalue weighted by Gasteiger charge is 2.28. The van der Waals surface area contributed by atoms with E-state index in [1.807, 2.05) is 53.4 Å². The molecule has 204 valence electrons. The van der Waals surface area contributed by atoms with Crippen LogP contribution in [-0.2, 0) is 35.5 Å². The number of nitrogens with zero attached hydrogens (tertiary/aromatic N) is 3. The number of esters is 1. The minimum atomic E-state index is -0.441. The Balaban J connectivity index is 1.13. The summed E-state index contributed by atoms with van der Waals surface area (Å²) in [4.78, 5) is 35.7. The predicted octanol–water partition coefficient (Wildman–Crippen LogP) is 5.43. The predicted molar refractivity (Wildman–Crippen MR) is 156 cm³/mol. The first-order valence-electron chi connectivity index (χ1n) is 14.3. The second kappa shape index (κ2) is 12.0. The molecule has 6 heteroatoms. The molecule has 0 aliphatic carbocycles. The summed E-state index contributed by atoms with van der Waals surface area (Å²) in [5.41, 5.74) is 5.78. The Morgan fingerprint density at radius 3 is 2.25 bits per heavy atom. The highest BCUT2D eigenvalue weighted by Crippen LogP contribution is 2.30. The van der Waals surface area contributed by atoms with Gasteiger partial charge in [-0.05, 0) is 42.4 Å². The Kier molecular flexibility index (Phi) is 7.87. The van der Waals surface area contributed by atoms with Crippen molar-refractivity contribution in [3.05, 3.63) is 113 Å². The first-order chi connectivity index (χ1) is 19.6. The smallest absolute Gasteiger partial charge is 0.339 e. The van der Waals surface area contributed by atoms with Crippen molar-refractivity contribution in [3.63, 3.8) is 0 Å². The number of carbonyl (C=O) groups is 2. The molecule has 1 amide bonds. The molecular weight excluding hydrogens is 498 g/mol. The Bertz CT molecular complexity index is 1480. The normalized spacial score (nSPS) is 16.1. The maximum absolute atomic E-state index is 13.6. The summed E-state index contributed by atoms with van der Waals surface area (Å²) >= 11 is 0. The number of carbonyl (C=O) groups excluding carboxylic acids is 2. The summed E-state index contributed by atoms with van der Waals surface area (Å²) in [7, 11) is 0. The fourth-order valence-corrected chi connectivity index (χ4v) is 6.08. The van der Waals surface area contributed by atoms with E-state index in [4.69, 9.17) is 9.72 Å². The van der Waals surface area contributed by atoms with Crippen molar-refractivity contribution in [1.82, 2.24) is 14.8 Å². The van der Waals surface area contributed by atoms with Crippen LogP contribution in [0.2, 0.25) is 0 Å². The van der Waals surface area contributed by atoms with E-state index >= 15 is 0 Å². The molecule has 6 nitrogen and oxygen atoms in total. The van der Waals surface area contributed by atoms with E-state index in [1.165, 1.54) is 11.1 Å². The molecule has 2 aliphatic heterocycles. The standard InChI is InChI=1S/C34H35N3O3/c38-32(37-19-15-26(16-20-37)21-25-9-3-1-4-10-25)24-40-34(39)33-28-13-7-8-14-30(28)35-31-17-18-36(23-29(31)33)22-27-11-5-2-6-12-27/h1-14,26H,15-24H2. The number of aromatic nitrogens is 1. The van der Waals surface area contributed by atoms with Crippen molar-refractivity contribution in [2.75, 3.05) is 26.2 Å². The van der Waals surface area contributed by atoms with Crippen molar-refractivity contribution < 1.29 is 14.3 Å². The lowest BCUT2D eigenvalue weighted by Crippen LogP contribution is -2.41. The zero-order valence-electron chi connectivity index (χ0n) is 22.8. The summed E-state index contributed by atoms with van der Waals surface area (Å²) in [5.74, 6) is 0.00991. The maximum atomic E-state index is 13.6. The van der Waals surface area contributed by atoms with Crippen molar-refractivity contribution in [1.29, 1.82) is 0 Å². The van der Waals surface area contributed by atoms with Gasteiger partial charge >= 0.3 is 5.97 Å². The fraction of sp³-hybridized carbons (Fsp3) is 0.324. The van der Waals surface area contributed by atoms with Crippen LogP contribution in [0.25, 0.3) is 10.9 Å². The van der Waals surface area contributed by atoms with Crippen molar-refractivity contribution in [2.24, 2.45) is 5.92 Å². The van der Waals surface area contributed by atoms with Gasteiger partial charge in [-0.1, -0.05) is 78.9 Å². The number of fused-ring (bicyclic) bond motifs is 2. The van der Waals surface area contributed by atoms with Crippen LogP contribution < -0.4 is 0 Å². The molecule has 0 atom stereocenters. The second-order valence-electron chi connectivity index (χ2n) is 11.0.